The largest absolute Gasteiger partial charge is 0.469 e. The second kappa shape index (κ2) is 12.3. The van der Waals surface area contributed by atoms with Crippen LogP contribution in [-0.4, -0.2) is 66.2 Å². The molecule has 0 aromatic carbocycles. The number of hydrogen-bond acceptors (Lipinski definition) is 8. The summed E-state index contributed by atoms with van der Waals surface area (Å²) >= 11 is 0. The van der Waals surface area contributed by atoms with Crippen molar-refractivity contribution in [2.75, 3.05) is 26.7 Å². The molecule has 0 aliphatic carbocycles. The quantitative estimate of drug-likeness (QED) is 0.370. The normalized spacial score (nSPS) is 10.7. The summed E-state index contributed by atoms with van der Waals surface area (Å²) in [6.45, 7) is 5.83. The number of nitrogens with one attached hydrogen (secondary N) is 3. The second-order valence-corrected chi connectivity index (χ2v) is 8.13. The summed E-state index contributed by atoms with van der Waals surface area (Å²) in [5, 5.41) is 7.90. The van der Waals surface area contributed by atoms with Gasteiger partial charge in [0.2, 0.25) is 0 Å². The van der Waals surface area contributed by atoms with E-state index in [0.717, 1.165) is 0 Å². The minimum atomic E-state index is -0.601. The Bertz CT molecular complexity index is 1030. The van der Waals surface area contributed by atoms with Gasteiger partial charge in [-0.25, -0.2) is 4.79 Å². The van der Waals surface area contributed by atoms with Gasteiger partial charge in [0.25, 0.3) is 11.8 Å². The van der Waals surface area contributed by atoms with Crippen LogP contribution in [0.1, 0.15) is 47.9 Å². The third-order valence-corrected chi connectivity index (χ3v) is 4.23. The van der Waals surface area contributed by atoms with Gasteiger partial charge >= 0.3 is 12.1 Å². The monoisotopic (exact) mass is 471 g/mol. The zero-order valence-corrected chi connectivity index (χ0v) is 19.6. The van der Waals surface area contributed by atoms with Crippen LogP contribution in [0.3, 0.4) is 0 Å². The number of ether oxygens (including phenoxy) is 2. The zero-order chi connectivity index (χ0) is 25.1. The Morgan fingerprint density at radius 1 is 0.824 bits per heavy atom. The van der Waals surface area contributed by atoms with Crippen LogP contribution in [0, 0.1) is 0 Å². The van der Waals surface area contributed by atoms with Gasteiger partial charge in [0.05, 0.1) is 24.9 Å². The molecule has 11 nitrogen and oxygen atoms in total. The van der Waals surface area contributed by atoms with E-state index in [1.54, 1.807) is 39.0 Å². The topological polar surface area (TPSA) is 149 Å². The van der Waals surface area contributed by atoms with Gasteiger partial charge in [-0.05, 0) is 45.0 Å². The molecule has 0 fully saturated rings. The zero-order valence-electron chi connectivity index (χ0n) is 19.6. The van der Waals surface area contributed by atoms with E-state index in [9.17, 15) is 19.2 Å². The summed E-state index contributed by atoms with van der Waals surface area (Å²) in [4.78, 5) is 56.1. The lowest BCUT2D eigenvalue weighted by molar-refractivity contribution is -0.140. The third-order valence-electron chi connectivity index (χ3n) is 4.23. The molecule has 0 radical (unpaired) electrons. The van der Waals surface area contributed by atoms with Gasteiger partial charge in [-0.15, -0.1) is 0 Å². The standard InChI is InChI=1S/C23H29N5O6/c1-23(2,3)34-22(32)28-12-11-27-21(31)16-6-9-25-18(14-16)17-13-15(5-8-24-17)20(30)26-10-7-19(29)33-4/h5-6,8-9,13-14H,7,10-12H2,1-4H3,(H,26,30)(H,27,31)(H,28,32). The van der Waals surface area contributed by atoms with Gasteiger partial charge in [-0.2, -0.15) is 0 Å². The molecule has 0 bridgehead atoms. The number of pyridine rings is 2. The average Bonchev–Trinajstić information content (AvgIpc) is 2.80. The van der Waals surface area contributed by atoms with Crippen molar-refractivity contribution in [1.29, 1.82) is 0 Å². The van der Waals surface area contributed by atoms with Crippen LogP contribution in [-0.2, 0) is 14.3 Å². The molecule has 182 valence electrons. The van der Waals surface area contributed by atoms with E-state index in [-0.39, 0.29) is 37.9 Å². The molecule has 0 unspecified atom stereocenters. The summed E-state index contributed by atoms with van der Waals surface area (Å²) in [5.74, 6) is -1.15. The highest BCUT2D eigenvalue weighted by Gasteiger charge is 2.16. The lowest BCUT2D eigenvalue weighted by Gasteiger charge is -2.19. The lowest BCUT2D eigenvalue weighted by atomic mass is 10.1. The van der Waals surface area contributed by atoms with Crippen molar-refractivity contribution in [3.63, 3.8) is 0 Å². The van der Waals surface area contributed by atoms with Crippen LogP contribution in [0.15, 0.2) is 36.7 Å². The maximum absolute atomic E-state index is 12.5. The molecule has 0 aliphatic rings. The van der Waals surface area contributed by atoms with Crippen molar-refractivity contribution >= 4 is 23.9 Å². The highest BCUT2D eigenvalue weighted by atomic mass is 16.6. The summed E-state index contributed by atoms with van der Waals surface area (Å²) in [6.07, 6.45) is 2.43. The van der Waals surface area contributed by atoms with Crippen LogP contribution >= 0.6 is 0 Å². The predicted octanol–water partition coefficient (Wildman–Crippen LogP) is 1.69. The van der Waals surface area contributed by atoms with Gasteiger partial charge in [-0.3, -0.25) is 24.4 Å². The van der Waals surface area contributed by atoms with Crippen LogP contribution in [0.5, 0.6) is 0 Å². The van der Waals surface area contributed by atoms with Crippen molar-refractivity contribution in [3.05, 3.63) is 47.8 Å². The highest BCUT2D eigenvalue weighted by Crippen LogP contribution is 2.17. The van der Waals surface area contributed by atoms with E-state index in [0.29, 0.717) is 22.5 Å². The maximum Gasteiger partial charge on any atom is 0.407 e. The highest BCUT2D eigenvalue weighted by molar-refractivity contribution is 5.96. The molecule has 0 atom stereocenters. The Hall–Kier alpha value is -4.02. The molecular formula is C23H29N5O6. The molecule has 34 heavy (non-hydrogen) atoms. The summed E-state index contributed by atoms with van der Waals surface area (Å²) in [7, 11) is 1.28. The molecule has 0 saturated heterocycles. The van der Waals surface area contributed by atoms with Crippen LogP contribution in [0.25, 0.3) is 11.4 Å². The second-order valence-electron chi connectivity index (χ2n) is 8.13. The van der Waals surface area contributed by atoms with E-state index in [4.69, 9.17) is 4.74 Å². The minimum Gasteiger partial charge on any atom is -0.469 e. The SMILES string of the molecule is COC(=O)CCNC(=O)c1ccnc(-c2cc(C(=O)NCCNC(=O)OC(C)(C)C)ccn2)c1. The number of methoxy groups -OCH3 is 1. The fraction of sp³-hybridized carbons (Fsp3) is 0.391. The van der Waals surface area contributed by atoms with Crippen molar-refractivity contribution < 1.29 is 28.7 Å². The van der Waals surface area contributed by atoms with Gasteiger partial charge in [0.15, 0.2) is 0 Å². The number of carbonyl (C=O) groups excluding carboxylic acids is 4. The lowest BCUT2D eigenvalue weighted by Crippen LogP contribution is -2.37. The van der Waals surface area contributed by atoms with Crippen molar-refractivity contribution in [2.24, 2.45) is 0 Å². The molecule has 2 rings (SSSR count). The number of carbonyl (C=O) groups is 4. The predicted molar refractivity (Wildman–Crippen MR) is 123 cm³/mol. The van der Waals surface area contributed by atoms with Gasteiger partial charge in [0, 0.05) is 43.2 Å². The van der Waals surface area contributed by atoms with E-state index in [1.165, 1.54) is 25.6 Å². The molecule has 11 heteroatoms. The fourth-order valence-corrected chi connectivity index (χ4v) is 2.66. The minimum absolute atomic E-state index is 0.0617. The number of rotatable bonds is 9. The molecule has 0 aliphatic heterocycles. The fourth-order valence-electron chi connectivity index (χ4n) is 2.66. The number of esters is 1. The van der Waals surface area contributed by atoms with Crippen LogP contribution in [0.2, 0.25) is 0 Å². The number of amides is 3. The summed E-state index contributed by atoms with van der Waals surface area (Å²) in [5.41, 5.74) is 0.887. The van der Waals surface area contributed by atoms with Crippen LogP contribution < -0.4 is 16.0 Å². The Kier molecular flexibility index (Phi) is 9.48. The van der Waals surface area contributed by atoms with Crippen LogP contribution in [0.4, 0.5) is 4.79 Å². The first-order valence-corrected chi connectivity index (χ1v) is 10.6. The summed E-state index contributed by atoms with van der Waals surface area (Å²) in [6, 6.07) is 6.18. The number of nitrogens with zero attached hydrogens (tertiary/aromatic N) is 2. The average molecular weight is 472 g/mol. The number of alkyl carbamates (subject to hydrolysis) is 1. The Morgan fingerprint density at radius 2 is 1.32 bits per heavy atom. The Balaban J connectivity index is 1.95. The molecule has 2 aromatic heterocycles. The van der Waals surface area contributed by atoms with Gasteiger partial charge in [0.1, 0.15) is 5.60 Å². The van der Waals surface area contributed by atoms with E-state index < -0.39 is 17.7 Å². The molecule has 3 amide bonds. The number of hydrogen-bond donors (Lipinski definition) is 3. The molecule has 0 saturated carbocycles. The first kappa shape index (κ1) is 26.2. The third kappa shape index (κ3) is 8.85. The van der Waals surface area contributed by atoms with Crippen molar-refractivity contribution in [2.45, 2.75) is 32.8 Å². The smallest absolute Gasteiger partial charge is 0.407 e. The molecule has 0 spiro atoms. The molecule has 2 heterocycles. The van der Waals surface area contributed by atoms with E-state index >= 15 is 0 Å². The van der Waals surface area contributed by atoms with Crippen molar-refractivity contribution in [1.82, 2.24) is 25.9 Å². The van der Waals surface area contributed by atoms with Crippen molar-refractivity contribution in [3.8, 4) is 11.4 Å². The molecular weight excluding hydrogens is 442 g/mol. The van der Waals surface area contributed by atoms with Gasteiger partial charge in [-0.1, -0.05) is 0 Å². The molecule has 3 N–H and O–H groups in total. The Morgan fingerprint density at radius 3 is 1.82 bits per heavy atom. The van der Waals surface area contributed by atoms with E-state index in [1.807, 2.05) is 0 Å². The summed E-state index contributed by atoms with van der Waals surface area (Å²) < 4.78 is 9.67. The van der Waals surface area contributed by atoms with Gasteiger partial charge < -0.3 is 25.4 Å². The number of aromatic nitrogens is 2. The van der Waals surface area contributed by atoms with E-state index in [2.05, 4.69) is 30.7 Å². The molecule has 2 aromatic rings. The maximum atomic E-state index is 12.5. The first-order valence-electron chi connectivity index (χ1n) is 10.6. The Labute approximate surface area is 197 Å². The first-order chi connectivity index (χ1) is 16.1.